The van der Waals surface area contributed by atoms with Gasteiger partial charge < -0.3 is 30.2 Å². The Balaban J connectivity index is 1.68. The average Bonchev–Trinajstić information content (AvgIpc) is 3.69. The minimum Gasteiger partial charge on any atom is -0.493 e. The van der Waals surface area contributed by atoms with Crippen molar-refractivity contribution in [3.63, 3.8) is 0 Å². The van der Waals surface area contributed by atoms with Crippen LogP contribution in [0.2, 0.25) is 0 Å². The highest BCUT2D eigenvalue weighted by molar-refractivity contribution is 5.96. The number of primary amides is 1. The Kier molecular flexibility index (Phi) is 7.95. The van der Waals surface area contributed by atoms with Crippen LogP contribution in [-0.2, 0) is 14.4 Å². The number of nitrogens with two attached hydrogens (primary N) is 1. The third kappa shape index (κ3) is 5.11. The first kappa shape index (κ1) is 26.1. The number of benzene rings is 1. The van der Waals surface area contributed by atoms with E-state index < -0.39 is 23.4 Å². The van der Waals surface area contributed by atoms with E-state index in [9.17, 15) is 14.4 Å². The Labute approximate surface area is 213 Å². The fraction of sp³-hybridized carbons (Fsp3) is 0.667. The molecular formula is C27H39N3O6. The molecular weight excluding hydrogens is 462 g/mol. The van der Waals surface area contributed by atoms with E-state index in [1.54, 1.807) is 26.2 Å². The number of hydrogen-bond donors (Lipinski definition) is 2. The normalized spacial score (nSPS) is 22.3. The molecule has 3 aliphatic rings. The molecule has 9 nitrogen and oxygen atoms in total. The molecule has 2 atom stereocenters. The van der Waals surface area contributed by atoms with Crippen molar-refractivity contribution in [3.05, 3.63) is 17.7 Å². The number of hydrogen-bond acceptors (Lipinski definition) is 6. The minimum absolute atomic E-state index is 0.0556. The summed E-state index contributed by atoms with van der Waals surface area (Å²) in [7, 11) is 4.69. The number of ether oxygens (including phenoxy) is 3. The molecule has 3 fully saturated rings. The number of piperidine rings is 1. The van der Waals surface area contributed by atoms with Crippen LogP contribution in [0.15, 0.2) is 12.1 Å². The highest BCUT2D eigenvalue weighted by atomic mass is 16.5. The lowest BCUT2D eigenvalue weighted by atomic mass is 9.75. The summed E-state index contributed by atoms with van der Waals surface area (Å²) in [6.07, 6.45) is 8.55. The largest absolute Gasteiger partial charge is 0.493 e. The Bertz CT molecular complexity index is 961. The van der Waals surface area contributed by atoms with Crippen LogP contribution < -0.4 is 25.3 Å². The van der Waals surface area contributed by atoms with Gasteiger partial charge in [0.2, 0.25) is 23.5 Å². The minimum atomic E-state index is -0.956. The van der Waals surface area contributed by atoms with Gasteiger partial charge in [0.15, 0.2) is 11.5 Å². The number of nitrogens with one attached hydrogen (secondary N) is 1. The molecule has 0 unspecified atom stereocenters. The fourth-order valence-corrected chi connectivity index (χ4v) is 5.89. The Morgan fingerprint density at radius 3 is 2.08 bits per heavy atom. The highest BCUT2D eigenvalue weighted by Crippen LogP contribution is 2.45. The van der Waals surface area contributed by atoms with Crippen LogP contribution in [0.4, 0.5) is 0 Å². The maximum absolute atomic E-state index is 14.3. The summed E-state index contributed by atoms with van der Waals surface area (Å²) in [6, 6.07) is 3.12. The number of amides is 3. The summed E-state index contributed by atoms with van der Waals surface area (Å²) in [5.41, 5.74) is 5.39. The zero-order valence-corrected chi connectivity index (χ0v) is 21.6. The van der Waals surface area contributed by atoms with Gasteiger partial charge in [-0.25, -0.2) is 0 Å². The molecule has 0 bridgehead atoms. The monoisotopic (exact) mass is 501 g/mol. The van der Waals surface area contributed by atoms with Crippen LogP contribution >= 0.6 is 0 Å². The molecule has 3 N–H and O–H groups in total. The van der Waals surface area contributed by atoms with Crippen LogP contribution in [0.25, 0.3) is 0 Å². The zero-order chi connectivity index (χ0) is 25.9. The first-order chi connectivity index (χ1) is 17.3. The Morgan fingerprint density at radius 1 is 0.944 bits per heavy atom. The van der Waals surface area contributed by atoms with Crippen molar-refractivity contribution in [2.45, 2.75) is 81.7 Å². The number of nitrogens with zero attached hydrogens (tertiary/aromatic N) is 1. The van der Waals surface area contributed by atoms with Crippen LogP contribution in [-0.4, -0.2) is 62.1 Å². The van der Waals surface area contributed by atoms with Gasteiger partial charge in [0.1, 0.15) is 11.6 Å². The van der Waals surface area contributed by atoms with Gasteiger partial charge in [-0.3, -0.25) is 14.4 Å². The molecule has 0 aromatic heterocycles. The van der Waals surface area contributed by atoms with Gasteiger partial charge in [0, 0.05) is 6.54 Å². The summed E-state index contributed by atoms with van der Waals surface area (Å²) in [5.74, 6) is 0.359. The molecule has 36 heavy (non-hydrogen) atoms. The molecule has 1 saturated heterocycles. The zero-order valence-electron chi connectivity index (χ0n) is 21.6. The topological polar surface area (TPSA) is 120 Å². The number of carbonyl (C=O) groups is 3. The molecule has 4 rings (SSSR count). The molecule has 9 heteroatoms. The fourth-order valence-electron chi connectivity index (χ4n) is 5.89. The van der Waals surface area contributed by atoms with E-state index in [-0.39, 0.29) is 17.7 Å². The van der Waals surface area contributed by atoms with Crippen LogP contribution in [0, 0.1) is 5.92 Å². The number of methoxy groups -OCH3 is 3. The average molecular weight is 502 g/mol. The van der Waals surface area contributed by atoms with Crippen molar-refractivity contribution in [3.8, 4) is 17.2 Å². The second-order valence-electron chi connectivity index (χ2n) is 10.3. The smallest absolute Gasteiger partial charge is 0.243 e. The molecule has 1 aliphatic heterocycles. The molecule has 198 valence electrons. The quantitative estimate of drug-likeness (QED) is 0.537. The summed E-state index contributed by atoms with van der Waals surface area (Å²) >= 11 is 0. The van der Waals surface area contributed by atoms with E-state index in [2.05, 4.69) is 5.32 Å². The van der Waals surface area contributed by atoms with Crippen molar-refractivity contribution >= 4 is 17.7 Å². The molecule has 2 aliphatic carbocycles. The molecule has 0 radical (unpaired) electrons. The van der Waals surface area contributed by atoms with E-state index in [1.165, 1.54) is 0 Å². The first-order valence-electron chi connectivity index (χ1n) is 13.1. The predicted octanol–water partition coefficient (Wildman–Crippen LogP) is 2.89. The van der Waals surface area contributed by atoms with E-state index >= 15 is 0 Å². The standard InChI is InChI=1S/C27H39N3O6/c1-34-20-15-18(16-21(35-2)23(20)36-3)22(17-9-5-4-6-10-17)25(32)30-14-8-7-11-19(30)24(31)29-27(12-13-27)26(28)33/h15-17,19,22H,4-14H2,1-3H3,(H2,28,33)(H,29,31)/t19-,22-/m0/s1. The second kappa shape index (κ2) is 11.0. The molecule has 1 aromatic carbocycles. The first-order valence-corrected chi connectivity index (χ1v) is 13.1. The van der Waals surface area contributed by atoms with Crippen molar-refractivity contribution in [1.29, 1.82) is 0 Å². The van der Waals surface area contributed by atoms with Gasteiger partial charge in [-0.15, -0.1) is 0 Å². The predicted molar refractivity (Wildman–Crippen MR) is 134 cm³/mol. The SMILES string of the molecule is COc1cc([C@@H](C(=O)N2CCCC[C@H]2C(=O)NC2(C(N)=O)CC2)C2CCCCC2)cc(OC)c1OC. The van der Waals surface area contributed by atoms with Crippen molar-refractivity contribution in [1.82, 2.24) is 10.2 Å². The van der Waals surface area contributed by atoms with Crippen molar-refractivity contribution < 1.29 is 28.6 Å². The van der Waals surface area contributed by atoms with E-state index in [4.69, 9.17) is 19.9 Å². The summed E-state index contributed by atoms with van der Waals surface area (Å²) in [5, 5.41) is 2.87. The summed E-state index contributed by atoms with van der Waals surface area (Å²) in [4.78, 5) is 41.3. The lowest BCUT2D eigenvalue weighted by Gasteiger charge is -2.40. The van der Waals surface area contributed by atoms with Gasteiger partial charge in [-0.1, -0.05) is 19.3 Å². The van der Waals surface area contributed by atoms with Crippen LogP contribution in [0.5, 0.6) is 17.2 Å². The van der Waals surface area contributed by atoms with E-state index in [0.29, 0.717) is 43.1 Å². The Hall–Kier alpha value is -2.97. The van der Waals surface area contributed by atoms with Crippen molar-refractivity contribution in [2.24, 2.45) is 11.7 Å². The molecule has 3 amide bonds. The van der Waals surface area contributed by atoms with Gasteiger partial charge in [0.25, 0.3) is 0 Å². The van der Waals surface area contributed by atoms with Gasteiger partial charge in [0.05, 0.1) is 27.2 Å². The summed E-state index contributed by atoms with van der Waals surface area (Å²) in [6.45, 7) is 0.508. The lowest BCUT2D eigenvalue weighted by Crippen LogP contribution is -2.57. The molecule has 2 saturated carbocycles. The Morgan fingerprint density at radius 2 is 1.56 bits per heavy atom. The van der Waals surface area contributed by atoms with Gasteiger partial charge in [-0.05, 0) is 68.6 Å². The second-order valence-corrected chi connectivity index (χ2v) is 10.3. The van der Waals surface area contributed by atoms with Crippen LogP contribution in [0.3, 0.4) is 0 Å². The number of rotatable bonds is 9. The maximum atomic E-state index is 14.3. The molecule has 1 aromatic rings. The third-order valence-corrected chi connectivity index (χ3v) is 8.11. The van der Waals surface area contributed by atoms with Crippen molar-refractivity contribution in [2.75, 3.05) is 27.9 Å². The third-order valence-electron chi connectivity index (χ3n) is 8.11. The highest BCUT2D eigenvalue weighted by Gasteiger charge is 2.51. The van der Waals surface area contributed by atoms with Gasteiger partial charge >= 0.3 is 0 Å². The lowest BCUT2D eigenvalue weighted by molar-refractivity contribution is -0.145. The van der Waals surface area contributed by atoms with E-state index in [0.717, 1.165) is 50.5 Å². The van der Waals surface area contributed by atoms with E-state index in [1.807, 2.05) is 12.1 Å². The molecule has 1 heterocycles. The number of likely N-dealkylation sites (tertiary alicyclic amines) is 1. The maximum Gasteiger partial charge on any atom is 0.243 e. The molecule has 0 spiro atoms. The van der Waals surface area contributed by atoms with Gasteiger partial charge in [-0.2, -0.15) is 0 Å². The van der Waals surface area contributed by atoms with Crippen LogP contribution in [0.1, 0.15) is 75.7 Å². The number of carbonyl (C=O) groups excluding carboxylic acids is 3. The summed E-state index contributed by atoms with van der Waals surface area (Å²) < 4.78 is 16.7.